The van der Waals surface area contributed by atoms with Crippen LogP contribution >= 0.6 is 11.3 Å². The van der Waals surface area contributed by atoms with Gasteiger partial charge in [-0.2, -0.15) is 4.98 Å². The summed E-state index contributed by atoms with van der Waals surface area (Å²) in [4.78, 5) is 18.1. The Morgan fingerprint density at radius 3 is 2.63 bits per heavy atom. The van der Waals surface area contributed by atoms with Crippen molar-refractivity contribution in [2.75, 3.05) is 14.2 Å². The molecule has 4 rings (SSSR count). The minimum atomic E-state index is -0.459. The third-order valence-corrected chi connectivity index (χ3v) is 5.48. The molecule has 136 valence electrons. The van der Waals surface area contributed by atoms with E-state index in [-0.39, 0.29) is 0 Å². The molecule has 0 fully saturated rings. The number of hydrogen-bond donors (Lipinski definition) is 0. The van der Waals surface area contributed by atoms with Gasteiger partial charge in [-0.1, -0.05) is 47.7 Å². The van der Waals surface area contributed by atoms with E-state index in [1.54, 1.807) is 4.52 Å². The summed E-state index contributed by atoms with van der Waals surface area (Å²) in [7, 11) is 2.84. The lowest BCUT2D eigenvalue weighted by atomic mass is 10.1. The van der Waals surface area contributed by atoms with Crippen molar-refractivity contribution in [3.8, 4) is 11.4 Å². The second kappa shape index (κ2) is 6.85. The van der Waals surface area contributed by atoms with Gasteiger partial charge in [-0.25, -0.2) is 9.31 Å². The Bertz CT molecular complexity index is 1190. The number of thiazole rings is 1. The molecule has 0 atom stereocenters. The van der Waals surface area contributed by atoms with Crippen molar-refractivity contribution in [1.82, 2.24) is 14.6 Å². The van der Waals surface area contributed by atoms with E-state index in [0.29, 0.717) is 16.4 Å². The van der Waals surface area contributed by atoms with Gasteiger partial charge in [-0.05, 0) is 23.8 Å². The zero-order valence-corrected chi connectivity index (χ0v) is 15.9. The van der Waals surface area contributed by atoms with Crippen LogP contribution in [0.25, 0.3) is 32.7 Å². The largest absolute Gasteiger partial charge is 0.503 e. The molecule has 0 unspecified atom stereocenters. The van der Waals surface area contributed by atoms with E-state index < -0.39 is 5.97 Å². The van der Waals surface area contributed by atoms with Crippen LogP contribution in [0.4, 0.5) is 0 Å². The average molecular weight is 379 g/mol. The van der Waals surface area contributed by atoms with Crippen LogP contribution < -0.4 is 0 Å². The number of hydrogen-bond acceptors (Lipinski definition) is 6. The Balaban J connectivity index is 1.79. The first kappa shape index (κ1) is 17.2. The van der Waals surface area contributed by atoms with E-state index in [2.05, 4.69) is 34.3 Å². The summed E-state index contributed by atoms with van der Waals surface area (Å²) < 4.78 is 11.6. The first-order valence-corrected chi connectivity index (χ1v) is 9.11. The summed E-state index contributed by atoms with van der Waals surface area (Å²) in [6.45, 7) is 1.89. The summed E-state index contributed by atoms with van der Waals surface area (Å²) in [5.74, 6) is 0.191. The molecule has 2 heterocycles. The molecule has 0 spiro atoms. The molecule has 6 nitrogen and oxygen atoms in total. The maximum absolute atomic E-state index is 12.1. The third kappa shape index (κ3) is 2.96. The highest BCUT2D eigenvalue weighted by atomic mass is 32.1. The number of aromatic nitrogens is 3. The number of carbonyl (C=O) groups is 1. The van der Waals surface area contributed by atoms with Crippen LogP contribution in [0.3, 0.4) is 0 Å². The van der Waals surface area contributed by atoms with Crippen LogP contribution in [0.2, 0.25) is 0 Å². The number of carbonyl (C=O) groups excluding carboxylic acids is 1. The second-order valence-corrected chi connectivity index (χ2v) is 6.94. The summed E-state index contributed by atoms with van der Waals surface area (Å²) in [5.41, 5.74) is 2.11. The molecule has 0 saturated carbocycles. The summed E-state index contributed by atoms with van der Waals surface area (Å²) in [6.07, 6.45) is 1.38. The van der Waals surface area contributed by atoms with Crippen molar-refractivity contribution in [3.05, 3.63) is 59.3 Å². The van der Waals surface area contributed by atoms with E-state index in [4.69, 9.17) is 9.47 Å². The van der Waals surface area contributed by atoms with Gasteiger partial charge in [0.25, 0.3) is 0 Å². The van der Waals surface area contributed by atoms with E-state index in [1.807, 2.05) is 25.1 Å². The molecule has 0 bridgehead atoms. The smallest absolute Gasteiger partial charge is 0.342 e. The maximum Gasteiger partial charge on any atom is 0.342 e. The predicted octanol–water partition coefficient (Wildman–Crippen LogP) is 4.08. The van der Waals surface area contributed by atoms with Gasteiger partial charge >= 0.3 is 5.97 Å². The number of ether oxygens (including phenoxy) is 2. The quantitative estimate of drug-likeness (QED) is 0.304. The fourth-order valence-electron chi connectivity index (χ4n) is 2.97. The lowest BCUT2D eigenvalue weighted by Crippen LogP contribution is -2.05. The molecule has 0 amide bonds. The molecule has 27 heavy (non-hydrogen) atoms. The van der Waals surface area contributed by atoms with Crippen molar-refractivity contribution in [2.45, 2.75) is 6.92 Å². The minimum absolute atomic E-state index is 0.349. The van der Waals surface area contributed by atoms with Crippen LogP contribution in [0.15, 0.2) is 48.7 Å². The lowest BCUT2D eigenvalue weighted by molar-refractivity contribution is -0.133. The number of aryl methyl sites for hydroxylation is 1. The van der Waals surface area contributed by atoms with Gasteiger partial charge in [0.1, 0.15) is 5.57 Å². The molecule has 0 saturated heterocycles. The molecule has 2 aromatic heterocycles. The van der Waals surface area contributed by atoms with E-state index in [1.165, 1.54) is 37.2 Å². The van der Waals surface area contributed by atoms with Gasteiger partial charge in [-0.15, -0.1) is 5.10 Å². The number of methoxy groups -OCH3 is 2. The summed E-state index contributed by atoms with van der Waals surface area (Å²) in [6, 6.07) is 14.3. The van der Waals surface area contributed by atoms with E-state index >= 15 is 0 Å². The Labute approximate surface area is 159 Å². The average Bonchev–Trinajstić information content (AvgIpc) is 3.25. The van der Waals surface area contributed by atoms with Crippen LogP contribution in [0.1, 0.15) is 10.6 Å². The Morgan fingerprint density at radius 2 is 1.93 bits per heavy atom. The van der Waals surface area contributed by atoms with Crippen LogP contribution in [0, 0.1) is 6.92 Å². The first-order valence-electron chi connectivity index (χ1n) is 8.29. The lowest BCUT2D eigenvalue weighted by Gasteiger charge is -2.04. The highest BCUT2D eigenvalue weighted by Crippen LogP contribution is 2.31. The van der Waals surface area contributed by atoms with Crippen LogP contribution in [0.5, 0.6) is 0 Å². The normalized spacial score (nSPS) is 11.9. The number of rotatable bonds is 4. The third-order valence-electron chi connectivity index (χ3n) is 4.31. The molecule has 0 aliphatic rings. The van der Waals surface area contributed by atoms with Crippen LogP contribution in [-0.2, 0) is 14.3 Å². The van der Waals surface area contributed by atoms with Gasteiger partial charge in [0.05, 0.1) is 31.1 Å². The molecule has 0 aliphatic carbocycles. The molecular weight excluding hydrogens is 362 g/mol. The number of fused-ring (bicyclic) bond motifs is 2. The van der Waals surface area contributed by atoms with Gasteiger partial charge < -0.3 is 9.47 Å². The van der Waals surface area contributed by atoms with Crippen molar-refractivity contribution in [2.24, 2.45) is 0 Å². The van der Waals surface area contributed by atoms with Crippen LogP contribution in [-0.4, -0.2) is 34.8 Å². The molecule has 4 aromatic rings. The van der Waals surface area contributed by atoms with Gasteiger partial charge in [0.15, 0.2) is 5.82 Å². The van der Waals surface area contributed by atoms with Gasteiger partial charge in [0, 0.05) is 5.56 Å². The Hall–Kier alpha value is -3.19. The van der Waals surface area contributed by atoms with E-state index in [0.717, 1.165) is 21.5 Å². The standard InChI is InChI=1S/C20H17N3O3S/c1-12-17(16(11-25-2)19(24)26-3)27-20-21-18(22-23(12)20)15-9-8-13-6-4-5-7-14(13)10-15/h4-11H,1-3H3/b16-11+. The minimum Gasteiger partial charge on any atom is -0.503 e. The number of nitrogens with zero attached hydrogens (tertiary/aromatic N) is 3. The maximum atomic E-state index is 12.1. The predicted molar refractivity (Wildman–Crippen MR) is 106 cm³/mol. The number of esters is 1. The molecule has 0 radical (unpaired) electrons. The first-order chi connectivity index (χ1) is 13.1. The Kier molecular flexibility index (Phi) is 4.37. The number of benzene rings is 2. The molecule has 2 aromatic carbocycles. The summed E-state index contributed by atoms with van der Waals surface area (Å²) in [5, 5.41) is 6.95. The Morgan fingerprint density at radius 1 is 1.15 bits per heavy atom. The molecular formula is C20H17N3O3S. The van der Waals surface area contributed by atoms with Crippen molar-refractivity contribution < 1.29 is 14.3 Å². The van der Waals surface area contributed by atoms with Gasteiger partial charge in [-0.3, -0.25) is 0 Å². The molecule has 7 heteroatoms. The monoisotopic (exact) mass is 379 g/mol. The zero-order valence-electron chi connectivity index (χ0n) is 15.1. The van der Waals surface area contributed by atoms with Gasteiger partial charge in [0.2, 0.25) is 4.96 Å². The second-order valence-electron chi connectivity index (χ2n) is 5.97. The van der Waals surface area contributed by atoms with Crippen molar-refractivity contribution in [1.29, 1.82) is 0 Å². The fraction of sp³-hybridized carbons (Fsp3) is 0.150. The zero-order chi connectivity index (χ0) is 19.0. The molecule has 0 N–H and O–H groups in total. The SMILES string of the molecule is CO/C=C(/C(=O)OC)c1sc2nc(-c3ccc4ccccc4c3)nn2c1C. The van der Waals surface area contributed by atoms with E-state index in [9.17, 15) is 4.79 Å². The topological polar surface area (TPSA) is 65.7 Å². The van der Waals surface area contributed by atoms with Crippen molar-refractivity contribution in [3.63, 3.8) is 0 Å². The highest BCUT2D eigenvalue weighted by Gasteiger charge is 2.22. The molecule has 0 aliphatic heterocycles. The summed E-state index contributed by atoms with van der Waals surface area (Å²) >= 11 is 1.38. The van der Waals surface area contributed by atoms with Crippen molar-refractivity contribution >= 4 is 38.6 Å². The fourth-order valence-corrected chi connectivity index (χ4v) is 4.02. The highest BCUT2D eigenvalue weighted by molar-refractivity contribution is 7.18.